The van der Waals surface area contributed by atoms with Crippen LogP contribution in [0.4, 0.5) is 0 Å². The van der Waals surface area contributed by atoms with Gasteiger partial charge in [0.15, 0.2) is 0 Å². The Labute approximate surface area is 121 Å². The van der Waals surface area contributed by atoms with E-state index in [1.807, 2.05) is 0 Å². The molecule has 2 nitrogen and oxygen atoms in total. The molecule has 19 heavy (non-hydrogen) atoms. The predicted octanol–water partition coefficient (Wildman–Crippen LogP) is 4.97. The lowest BCUT2D eigenvalue weighted by Gasteiger charge is -2.12. The van der Waals surface area contributed by atoms with Crippen LogP contribution in [0.5, 0.6) is 0 Å². The van der Waals surface area contributed by atoms with E-state index in [1.54, 1.807) is 0 Å². The van der Waals surface area contributed by atoms with E-state index in [1.165, 1.54) is 77.0 Å². The summed E-state index contributed by atoms with van der Waals surface area (Å²) in [4.78, 5) is 0. The molecule has 0 aromatic heterocycles. The summed E-state index contributed by atoms with van der Waals surface area (Å²) in [6.07, 6.45) is 18.0. The summed E-state index contributed by atoms with van der Waals surface area (Å²) < 4.78 is 0. The second kappa shape index (κ2) is 16.0. The van der Waals surface area contributed by atoms with E-state index < -0.39 is 0 Å². The van der Waals surface area contributed by atoms with Crippen LogP contribution in [0.15, 0.2) is 0 Å². The van der Waals surface area contributed by atoms with Gasteiger partial charge in [0.25, 0.3) is 0 Å². The second-order valence-electron chi connectivity index (χ2n) is 5.88. The number of rotatable bonds is 15. The summed E-state index contributed by atoms with van der Waals surface area (Å²) in [5.74, 6) is 0. The molecule has 0 aliphatic rings. The molecule has 0 bridgehead atoms. The Morgan fingerprint density at radius 1 is 0.684 bits per heavy atom. The minimum Gasteiger partial charge on any atom is -0.316 e. The van der Waals surface area contributed by atoms with Crippen molar-refractivity contribution in [3.8, 4) is 0 Å². The van der Waals surface area contributed by atoms with Crippen molar-refractivity contribution in [1.29, 1.82) is 0 Å². The topological polar surface area (TPSA) is 38.0 Å². The average molecular weight is 271 g/mol. The molecule has 0 saturated carbocycles. The van der Waals surface area contributed by atoms with E-state index in [0.29, 0.717) is 0 Å². The van der Waals surface area contributed by atoms with Gasteiger partial charge in [-0.15, -0.1) is 0 Å². The predicted molar refractivity (Wildman–Crippen MR) is 87.3 cm³/mol. The van der Waals surface area contributed by atoms with Gasteiger partial charge in [0.1, 0.15) is 0 Å². The molecule has 0 amide bonds. The maximum Gasteiger partial charge on any atom is 0.0546 e. The molecule has 2 heteroatoms. The molecule has 0 aromatic carbocycles. The fourth-order valence-electron chi connectivity index (χ4n) is 2.49. The van der Waals surface area contributed by atoms with E-state index in [2.05, 4.69) is 19.2 Å². The first-order chi connectivity index (χ1) is 9.31. The Kier molecular flexibility index (Phi) is 15.9. The number of hydrogen-bond acceptors (Lipinski definition) is 2. The standard InChI is InChI=1S/C17H38N2/c1-3-5-6-7-8-9-10-11-12-13-14-16-19-17(18)15-4-2/h17,19H,3-16,18H2,1-2H3. The smallest absolute Gasteiger partial charge is 0.0546 e. The largest absolute Gasteiger partial charge is 0.316 e. The molecule has 1 unspecified atom stereocenters. The van der Waals surface area contributed by atoms with Crippen LogP contribution >= 0.6 is 0 Å². The third kappa shape index (κ3) is 15.9. The van der Waals surface area contributed by atoms with E-state index in [4.69, 9.17) is 5.73 Å². The van der Waals surface area contributed by atoms with Crippen molar-refractivity contribution in [2.75, 3.05) is 6.54 Å². The Hall–Kier alpha value is -0.0800. The molecule has 116 valence electrons. The maximum atomic E-state index is 5.90. The third-order valence-corrected chi connectivity index (χ3v) is 3.79. The van der Waals surface area contributed by atoms with Crippen molar-refractivity contribution in [1.82, 2.24) is 5.32 Å². The SMILES string of the molecule is CCCCCCCCCCCCCNC(N)CCC. The van der Waals surface area contributed by atoms with Crippen LogP contribution in [-0.4, -0.2) is 12.7 Å². The van der Waals surface area contributed by atoms with Crippen LogP contribution < -0.4 is 11.1 Å². The van der Waals surface area contributed by atoms with Gasteiger partial charge < -0.3 is 11.1 Å². The Balaban J connectivity index is 2.99. The molecule has 0 saturated heterocycles. The normalized spacial score (nSPS) is 12.8. The van der Waals surface area contributed by atoms with Gasteiger partial charge in [-0.05, 0) is 19.4 Å². The molecule has 0 radical (unpaired) electrons. The van der Waals surface area contributed by atoms with Crippen LogP contribution in [0.25, 0.3) is 0 Å². The van der Waals surface area contributed by atoms with Crippen molar-refractivity contribution >= 4 is 0 Å². The zero-order valence-electron chi connectivity index (χ0n) is 13.6. The maximum absolute atomic E-state index is 5.90. The molecule has 0 spiro atoms. The van der Waals surface area contributed by atoms with Gasteiger partial charge in [0.2, 0.25) is 0 Å². The van der Waals surface area contributed by atoms with Gasteiger partial charge in [-0.3, -0.25) is 0 Å². The fraction of sp³-hybridized carbons (Fsp3) is 1.00. The summed E-state index contributed by atoms with van der Waals surface area (Å²) in [6, 6.07) is 0. The molecule has 0 aliphatic carbocycles. The molecular weight excluding hydrogens is 232 g/mol. The Morgan fingerprint density at radius 2 is 1.16 bits per heavy atom. The van der Waals surface area contributed by atoms with Gasteiger partial charge >= 0.3 is 0 Å². The highest BCUT2D eigenvalue weighted by Gasteiger charge is 1.98. The highest BCUT2D eigenvalue weighted by molar-refractivity contribution is 4.57. The second-order valence-corrected chi connectivity index (χ2v) is 5.88. The summed E-state index contributed by atoms with van der Waals surface area (Å²) in [6.45, 7) is 5.56. The average Bonchev–Trinajstić information content (AvgIpc) is 2.40. The third-order valence-electron chi connectivity index (χ3n) is 3.79. The minimum atomic E-state index is 0.216. The lowest BCUT2D eigenvalue weighted by Crippen LogP contribution is -2.37. The van der Waals surface area contributed by atoms with Gasteiger partial charge in [-0.25, -0.2) is 0 Å². The first kappa shape index (κ1) is 18.9. The van der Waals surface area contributed by atoms with Crippen LogP contribution in [-0.2, 0) is 0 Å². The molecule has 0 heterocycles. The zero-order valence-corrected chi connectivity index (χ0v) is 13.6. The highest BCUT2D eigenvalue weighted by atomic mass is 15.0. The number of unbranched alkanes of at least 4 members (excludes halogenated alkanes) is 10. The van der Waals surface area contributed by atoms with Crippen LogP contribution in [0.3, 0.4) is 0 Å². The molecule has 0 rings (SSSR count). The molecule has 0 aromatic rings. The molecule has 0 aliphatic heterocycles. The summed E-state index contributed by atoms with van der Waals surface area (Å²) in [7, 11) is 0. The van der Waals surface area contributed by atoms with E-state index in [-0.39, 0.29) is 6.17 Å². The van der Waals surface area contributed by atoms with Crippen LogP contribution in [0.2, 0.25) is 0 Å². The lowest BCUT2D eigenvalue weighted by molar-refractivity contribution is 0.470. The summed E-state index contributed by atoms with van der Waals surface area (Å²) >= 11 is 0. The van der Waals surface area contributed by atoms with Crippen molar-refractivity contribution in [2.24, 2.45) is 5.73 Å². The number of nitrogens with one attached hydrogen (secondary N) is 1. The van der Waals surface area contributed by atoms with Crippen molar-refractivity contribution in [3.05, 3.63) is 0 Å². The summed E-state index contributed by atoms with van der Waals surface area (Å²) in [5, 5.41) is 3.39. The molecule has 1 atom stereocenters. The highest BCUT2D eigenvalue weighted by Crippen LogP contribution is 2.11. The summed E-state index contributed by atoms with van der Waals surface area (Å²) in [5.41, 5.74) is 5.90. The van der Waals surface area contributed by atoms with Crippen LogP contribution in [0.1, 0.15) is 97.3 Å². The van der Waals surface area contributed by atoms with Crippen molar-refractivity contribution < 1.29 is 0 Å². The van der Waals surface area contributed by atoms with Gasteiger partial charge in [-0.1, -0.05) is 84.5 Å². The molecular formula is C17H38N2. The van der Waals surface area contributed by atoms with E-state index >= 15 is 0 Å². The zero-order chi connectivity index (χ0) is 14.2. The fourth-order valence-corrected chi connectivity index (χ4v) is 2.49. The lowest BCUT2D eigenvalue weighted by atomic mass is 10.1. The van der Waals surface area contributed by atoms with Gasteiger partial charge in [-0.2, -0.15) is 0 Å². The molecule has 0 fully saturated rings. The number of hydrogen-bond donors (Lipinski definition) is 2. The van der Waals surface area contributed by atoms with Gasteiger partial charge in [0, 0.05) is 0 Å². The van der Waals surface area contributed by atoms with Crippen molar-refractivity contribution in [3.63, 3.8) is 0 Å². The van der Waals surface area contributed by atoms with Crippen molar-refractivity contribution in [2.45, 2.75) is 103 Å². The van der Waals surface area contributed by atoms with Gasteiger partial charge in [0.05, 0.1) is 6.17 Å². The quantitative estimate of drug-likeness (QED) is 0.325. The Bertz CT molecular complexity index is 159. The molecule has 3 N–H and O–H groups in total. The number of nitrogens with two attached hydrogens (primary N) is 1. The Morgan fingerprint density at radius 3 is 1.63 bits per heavy atom. The first-order valence-electron chi connectivity index (χ1n) is 8.80. The first-order valence-corrected chi connectivity index (χ1v) is 8.80. The van der Waals surface area contributed by atoms with Crippen LogP contribution in [0, 0.1) is 0 Å². The monoisotopic (exact) mass is 270 g/mol. The van der Waals surface area contributed by atoms with E-state index in [0.717, 1.165) is 13.0 Å². The van der Waals surface area contributed by atoms with E-state index in [9.17, 15) is 0 Å². The minimum absolute atomic E-state index is 0.216.